The SMILES string of the molecule is CCCCc1noc(-c2nn(-c3ccccc3)cc2O)n1. The summed E-state index contributed by atoms with van der Waals surface area (Å²) < 4.78 is 6.76. The van der Waals surface area contributed by atoms with Gasteiger partial charge in [-0.2, -0.15) is 10.1 Å². The van der Waals surface area contributed by atoms with Crippen molar-refractivity contribution < 1.29 is 9.63 Å². The summed E-state index contributed by atoms with van der Waals surface area (Å²) in [5.41, 5.74) is 1.15. The quantitative estimate of drug-likeness (QED) is 0.779. The Labute approximate surface area is 122 Å². The number of rotatable bonds is 5. The molecule has 108 valence electrons. The third kappa shape index (κ3) is 2.79. The first-order valence-electron chi connectivity index (χ1n) is 6.95. The van der Waals surface area contributed by atoms with Gasteiger partial charge in [0.25, 0.3) is 5.89 Å². The first-order chi connectivity index (χ1) is 10.3. The number of unbranched alkanes of at least 4 members (excludes halogenated alkanes) is 1. The zero-order valence-corrected chi connectivity index (χ0v) is 11.7. The van der Waals surface area contributed by atoms with Crippen molar-refractivity contribution in [3.63, 3.8) is 0 Å². The van der Waals surface area contributed by atoms with E-state index in [-0.39, 0.29) is 11.6 Å². The molecule has 0 spiro atoms. The van der Waals surface area contributed by atoms with Crippen LogP contribution in [-0.4, -0.2) is 25.0 Å². The minimum absolute atomic E-state index is 0.0181. The third-order valence-corrected chi connectivity index (χ3v) is 3.14. The van der Waals surface area contributed by atoms with Crippen molar-refractivity contribution in [2.75, 3.05) is 0 Å². The van der Waals surface area contributed by atoms with E-state index in [1.54, 1.807) is 4.68 Å². The monoisotopic (exact) mass is 284 g/mol. The Morgan fingerprint density at radius 1 is 1.24 bits per heavy atom. The second-order valence-electron chi connectivity index (χ2n) is 4.76. The van der Waals surface area contributed by atoms with Crippen molar-refractivity contribution in [3.05, 3.63) is 42.4 Å². The van der Waals surface area contributed by atoms with Crippen LogP contribution in [0.3, 0.4) is 0 Å². The second kappa shape index (κ2) is 5.78. The number of hydrogen-bond donors (Lipinski definition) is 1. The lowest BCUT2D eigenvalue weighted by atomic mass is 10.2. The number of para-hydroxylation sites is 1. The van der Waals surface area contributed by atoms with E-state index in [0.717, 1.165) is 24.9 Å². The number of benzene rings is 1. The summed E-state index contributed by atoms with van der Waals surface area (Å²) in [6.07, 6.45) is 4.36. The van der Waals surface area contributed by atoms with Gasteiger partial charge in [-0.1, -0.05) is 36.7 Å². The molecule has 6 heteroatoms. The van der Waals surface area contributed by atoms with Crippen LogP contribution in [0.2, 0.25) is 0 Å². The topological polar surface area (TPSA) is 77.0 Å². The largest absolute Gasteiger partial charge is 0.504 e. The maximum atomic E-state index is 10.0. The summed E-state index contributed by atoms with van der Waals surface area (Å²) in [6.45, 7) is 2.11. The van der Waals surface area contributed by atoms with Crippen molar-refractivity contribution >= 4 is 0 Å². The van der Waals surface area contributed by atoms with E-state index in [4.69, 9.17) is 4.52 Å². The van der Waals surface area contributed by atoms with Crippen molar-refractivity contribution in [3.8, 4) is 23.0 Å². The first-order valence-corrected chi connectivity index (χ1v) is 6.95. The highest BCUT2D eigenvalue weighted by atomic mass is 16.5. The molecular formula is C15H16N4O2. The Bertz CT molecular complexity index is 718. The van der Waals surface area contributed by atoms with Gasteiger partial charge >= 0.3 is 0 Å². The molecule has 21 heavy (non-hydrogen) atoms. The normalized spacial score (nSPS) is 10.9. The summed E-state index contributed by atoms with van der Waals surface area (Å²) >= 11 is 0. The van der Waals surface area contributed by atoms with Crippen LogP contribution in [0.4, 0.5) is 0 Å². The Balaban J connectivity index is 1.89. The van der Waals surface area contributed by atoms with E-state index in [1.165, 1.54) is 6.20 Å². The zero-order valence-electron chi connectivity index (χ0n) is 11.7. The molecule has 1 N–H and O–H groups in total. The molecule has 2 aromatic heterocycles. The van der Waals surface area contributed by atoms with E-state index in [1.807, 2.05) is 30.3 Å². The highest BCUT2D eigenvalue weighted by Gasteiger charge is 2.17. The van der Waals surface area contributed by atoms with Crippen LogP contribution in [-0.2, 0) is 6.42 Å². The van der Waals surface area contributed by atoms with Crippen LogP contribution in [0.5, 0.6) is 5.75 Å². The van der Waals surface area contributed by atoms with Gasteiger partial charge in [0.2, 0.25) is 0 Å². The lowest BCUT2D eigenvalue weighted by molar-refractivity contribution is 0.415. The van der Waals surface area contributed by atoms with Gasteiger partial charge in [-0.05, 0) is 18.6 Å². The van der Waals surface area contributed by atoms with E-state index in [9.17, 15) is 5.11 Å². The van der Waals surface area contributed by atoms with Gasteiger partial charge in [0, 0.05) is 6.42 Å². The number of nitrogens with zero attached hydrogens (tertiary/aromatic N) is 4. The maximum Gasteiger partial charge on any atom is 0.282 e. The lowest BCUT2D eigenvalue weighted by Crippen LogP contribution is -1.94. The molecule has 0 aliphatic carbocycles. The average Bonchev–Trinajstić information content (AvgIpc) is 3.12. The van der Waals surface area contributed by atoms with Crippen LogP contribution in [0, 0.1) is 0 Å². The van der Waals surface area contributed by atoms with Crippen molar-refractivity contribution in [1.82, 2.24) is 19.9 Å². The fourth-order valence-electron chi connectivity index (χ4n) is 2.02. The summed E-state index contributed by atoms with van der Waals surface area (Å²) in [5.74, 6) is 0.901. The Morgan fingerprint density at radius 3 is 2.81 bits per heavy atom. The molecule has 3 rings (SSSR count). The summed E-state index contributed by atoms with van der Waals surface area (Å²) in [4.78, 5) is 4.27. The second-order valence-corrected chi connectivity index (χ2v) is 4.76. The molecule has 0 aliphatic rings. The standard InChI is InChI=1S/C15H16N4O2/c1-2-3-9-13-16-15(21-18-13)14-12(20)10-19(17-14)11-7-5-4-6-8-11/h4-8,10,20H,2-3,9H2,1H3. The summed E-state index contributed by atoms with van der Waals surface area (Å²) in [6, 6.07) is 9.53. The molecular weight excluding hydrogens is 268 g/mol. The van der Waals surface area contributed by atoms with Crippen molar-refractivity contribution in [2.45, 2.75) is 26.2 Å². The van der Waals surface area contributed by atoms with Crippen LogP contribution in [0.15, 0.2) is 41.1 Å². The van der Waals surface area contributed by atoms with Gasteiger partial charge in [0.05, 0.1) is 11.9 Å². The van der Waals surface area contributed by atoms with Crippen LogP contribution >= 0.6 is 0 Å². The molecule has 3 aromatic rings. The van der Waals surface area contributed by atoms with Gasteiger partial charge in [-0.3, -0.25) is 0 Å². The predicted molar refractivity (Wildman–Crippen MR) is 77.1 cm³/mol. The van der Waals surface area contributed by atoms with E-state index in [2.05, 4.69) is 22.2 Å². The highest BCUT2D eigenvalue weighted by molar-refractivity contribution is 5.56. The predicted octanol–water partition coefficient (Wildman–Crippen LogP) is 2.97. The maximum absolute atomic E-state index is 10.0. The Hall–Kier alpha value is -2.63. The van der Waals surface area contributed by atoms with Gasteiger partial charge in [-0.25, -0.2) is 4.68 Å². The molecule has 6 nitrogen and oxygen atoms in total. The molecule has 2 heterocycles. The van der Waals surface area contributed by atoms with Crippen LogP contribution in [0.1, 0.15) is 25.6 Å². The Morgan fingerprint density at radius 2 is 2.05 bits per heavy atom. The van der Waals surface area contributed by atoms with Crippen molar-refractivity contribution in [1.29, 1.82) is 0 Å². The number of aromatic hydroxyl groups is 1. The van der Waals surface area contributed by atoms with E-state index < -0.39 is 0 Å². The molecule has 0 radical (unpaired) electrons. The van der Waals surface area contributed by atoms with Gasteiger partial charge < -0.3 is 9.63 Å². The fraction of sp³-hybridized carbons (Fsp3) is 0.267. The smallest absolute Gasteiger partial charge is 0.282 e. The molecule has 0 aliphatic heterocycles. The molecule has 0 bridgehead atoms. The first kappa shape index (κ1) is 13.4. The zero-order chi connectivity index (χ0) is 14.7. The van der Waals surface area contributed by atoms with Gasteiger partial charge in [0.15, 0.2) is 17.3 Å². The molecule has 0 saturated heterocycles. The van der Waals surface area contributed by atoms with Crippen molar-refractivity contribution in [2.24, 2.45) is 0 Å². The molecule has 0 amide bonds. The van der Waals surface area contributed by atoms with E-state index in [0.29, 0.717) is 11.5 Å². The third-order valence-electron chi connectivity index (χ3n) is 3.14. The number of hydrogen-bond acceptors (Lipinski definition) is 5. The molecule has 0 saturated carbocycles. The van der Waals surface area contributed by atoms with Crippen LogP contribution < -0.4 is 0 Å². The van der Waals surface area contributed by atoms with Gasteiger partial charge in [-0.15, -0.1) is 0 Å². The molecule has 0 atom stereocenters. The molecule has 0 unspecified atom stereocenters. The average molecular weight is 284 g/mol. The molecule has 0 fully saturated rings. The van der Waals surface area contributed by atoms with E-state index >= 15 is 0 Å². The molecule has 1 aromatic carbocycles. The minimum atomic E-state index is 0.0181. The highest BCUT2D eigenvalue weighted by Crippen LogP contribution is 2.27. The number of aromatic nitrogens is 4. The lowest BCUT2D eigenvalue weighted by Gasteiger charge is -1.98. The fourth-order valence-corrected chi connectivity index (χ4v) is 2.02. The minimum Gasteiger partial charge on any atom is -0.504 e. The Kier molecular flexibility index (Phi) is 3.68. The summed E-state index contributed by atoms with van der Waals surface area (Å²) in [5, 5.41) is 18.2. The van der Waals surface area contributed by atoms with Gasteiger partial charge in [0.1, 0.15) is 0 Å². The summed E-state index contributed by atoms with van der Waals surface area (Å²) in [7, 11) is 0. The number of aryl methyl sites for hydroxylation is 1. The van der Waals surface area contributed by atoms with Crippen LogP contribution in [0.25, 0.3) is 17.3 Å².